The number of nitrogens with zero attached hydrogens (tertiary/aromatic N) is 3. The SMILES string of the molecule is COc1ncnc(OC)c1CNCCCN(C)C. The molecule has 0 aromatic carbocycles. The van der Waals surface area contributed by atoms with Gasteiger partial charge in [-0.3, -0.25) is 0 Å². The van der Waals surface area contributed by atoms with Crippen LogP contribution in [0.2, 0.25) is 0 Å². The summed E-state index contributed by atoms with van der Waals surface area (Å²) >= 11 is 0. The Morgan fingerprint density at radius 1 is 1.17 bits per heavy atom. The van der Waals surface area contributed by atoms with Crippen LogP contribution in [0.4, 0.5) is 0 Å². The standard InChI is InChI=1S/C12H22N4O2/c1-16(2)7-5-6-13-8-10-11(17-3)14-9-15-12(10)18-4/h9,13H,5-8H2,1-4H3. The molecule has 0 saturated heterocycles. The zero-order valence-corrected chi connectivity index (χ0v) is 11.6. The van der Waals surface area contributed by atoms with Crippen molar-refractivity contribution in [3.63, 3.8) is 0 Å². The molecule has 0 amide bonds. The van der Waals surface area contributed by atoms with Crippen LogP contribution in [0.15, 0.2) is 6.33 Å². The normalized spacial score (nSPS) is 10.7. The zero-order chi connectivity index (χ0) is 13.4. The summed E-state index contributed by atoms with van der Waals surface area (Å²) in [6.07, 6.45) is 2.53. The second kappa shape index (κ2) is 7.84. The molecule has 1 N–H and O–H groups in total. The first-order chi connectivity index (χ1) is 8.69. The first-order valence-corrected chi connectivity index (χ1v) is 5.96. The fourth-order valence-corrected chi connectivity index (χ4v) is 1.62. The maximum atomic E-state index is 5.20. The Hall–Kier alpha value is -1.40. The molecule has 1 aromatic heterocycles. The van der Waals surface area contributed by atoms with Gasteiger partial charge in [0.05, 0.1) is 19.8 Å². The molecule has 1 aromatic rings. The van der Waals surface area contributed by atoms with Crippen molar-refractivity contribution in [3.8, 4) is 11.8 Å². The van der Waals surface area contributed by atoms with Crippen molar-refractivity contribution in [2.45, 2.75) is 13.0 Å². The summed E-state index contributed by atoms with van der Waals surface area (Å²) < 4.78 is 10.4. The van der Waals surface area contributed by atoms with E-state index in [0.717, 1.165) is 25.1 Å². The minimum atomic E-state index is 0.557. The Morgan fingerprint density at radius 2 is 1.78 bits per heavy atom. The topological polar surface area (TPSA) is 59.5 Å². The summed E-state index contributed by atoms with van der Waals surface area (Å²) in [5.41, 5.74) is 0.854. The molecule has 102 valence electrons. The highest BCUT2D eigenvalue weighted by molar-refractivity contribution is 5.34. The molecular formula is C12H22N4O2. The molecule has 0 unspecified atom stereocenters. The van der Waals surface area contributed by atoms with E-state index in [2.05, 4.69) is 34.3 Å². The Balaban J connectivity index is 2.50. The fourth-order valence-electron chi connectivity index (χ4n) is 1.62. The highest BCUT2D eigenvalue weighted by atomic mass is 16.5. The van der Waals surface area contributed by atoms with E-state index in [1.54, 1.807) is 14.2 Å². The fraction of sp³-hybridized carbons (Fsp3) is 0.667. The molecule has 6 heteroatoms. The third-order valence-electron chi connectivity index (χ3n) is 2.51. The van der Waals surface area contributed by atoms with Gasteiger partial charge in [-0.05, 0) is 33.6 Å². The lowest BCUT2D eigenvalue weighted by Crippen LogP contribution is -2.21. The molecule has 0 aliphatic heterocycles. The maximum absolute atomic E-state index is 5.20. The van der Waals surface area contributed by atoms with Crippen LogP contribution in [-0.4, -0.2) is 56.3 Å². The summed E-state index contributed by atoms with van der Waals surface area (Å²) in [5, 5.41) is 3.34. The van der Waals surface area contributed by atoms with Gasteiger partial charge in [0.1, 0.15) is 6.33 Å². The van der Waals surface area contributed by atoms with Gasteiger partial charge in [-0.2, -0.15) is 0 Å². The van der Waals surface area contributed by atoms with Gasteiger partial charge in [0, 0.05) is 6.54 Å². The van der Waals surface area contributed by atoms with Crippen LogP contribution >= 0.6 is 0 Å². The minimum absolute atomic E-state index is 0.557. The molecule has 0 radical (unpaired) electrons. The lowest BCUT2D eigenvalue weighted by atomic mass is 10.3. The quantitative estimate of drug-likeness (QED) is 0.683. The third kappa shape index (κ3) is 4.46. The number of methoxy groups -OCH3 is 2. The summed E-state index contributed by atoms with van der Waals surface area (Å²) in [6.45, 7) is 2.63. The maximum Gasteiger partial charge on any atom is 0.224 e. The molecule has 0 aliphatic carbocycles. The minimum Gasteiger partial charge on any atom is -0.481 e. The number of hydrogen-bond donors (Lipinski definition) is 1. The van der Waals surface area contributed by atoms with Crippen LogP contribution in [0.1, 0.15) is 12.0 Å². The molecule has 1 rings (SSSR count). The van der Waals surface area contributed by atoms with Crippen molar-refractivity contribution in [1.29, 1.82) is 0 Å². The third-order valence-corrected chi connectivity index (χ3v) is 2.51. The van der Waals surface area contributed by atoms with Gasteiger partial charge in [-0.25, -0.2) is 9.97 Å². The van der Waals surface area contributed by atoms with E-state index in [-0.39, 0.29) is 0 Å². The molecule has 0 spiro atoms. The molecule has 1 heterocycles. The van der Waals surface area contributed by atoms with Crippen LogP contribution in [0.5, 0.6) is 11.8 Å². The first kappa shape index (κ1) is 14.7. The van der Waals surface area contributed by atoms with Crippen LogP contribution in [0, 0.1) is 0 Å². The molecule has 18 heavy (non-hydrogen) atoms. The van der Waals surface area contributed by atoms with Gasteiger partial charge in [0.2, 0.25) is 11.8 Å². The number of nitrogens with one attached hydrogen (secondary N) is 1. The predicted octanol–water partition coefficient (Wildman–Crippen LogP) is 0.535. The largest absolute Gasteiger partial charge is 0.481 e. The molecule has 0 aliphatic rings. The Labute approximate surface area is 108 Å². The van der Waals surface area contributed by atoms with E-state index in [9.17, 15) is 0 Å². The van der Waals surface area contributed by atoms with Gasteiger partial charge in [0.25, 0.3) is 0 Å². The van der Waals surface area contributed by atoms with E-state index in [1.807, 2.05) is 0 Å². The van der Waals surface area contributed by atoms with Gasteiger partial charge >= 0.3 is 0 Å². The van der Waals surface area contributed by atoms with E-state index in [0.29, 0.717) is 18.3 Å². The summed E-state index contributed by atoms with van der Waals surface area (Å²) in [5.74, 6) is 1.11. The summed E-state index contributed by atoms with van der Waals surface area (Å²) in [4.78, 5) is 10.3. The van der Waals surface area contributed by atoms with Crippen LogP contribution in [0.3, 0.4) is 0 Å². The van der Waals surface area contributed by atoms with Crippen molar-refractivity contribution >= 4 is 0 Å². The monoisotopic (exact) mass is 254 g/mol. The number of aromatic nitrogens is 2. The van der Waals surface area contributed by atoms with Crippen molar-refractivity contribution in [1.82, 2.24) is 20.2 Å². The number of rotatable bonds is 8. The second-order valence-electron chi connectivity index (χ2n) is 4.20. The van der Waals surface area contributed by atoms with Gasteiger partial charge in [-0.15, -0.1) is 0 Å². The second-order valence-corrected chi connectivity index (χ2v) is 4.20. The van der Waals surface area contributed by atoms with E-state index < -0.39 is 0 Å². The van der Waals surface area contributed by atoms with Crippen molar-refractivity contribution in [2.24, 2.45) is 0 Å². The molecule has 0 fully saturated rings. The lowest BCUT2D eigenvalue weighted by Gasteiger charge is -2.12. The van der Waals surface area contributed by atoms with Crippen molar-refractivity contribution in [3.05, 3.63) is 11.9 Å². The Bertz CT molecular complexity index is 336. The molecular weight excluding hydrogens is 232 g/mol. The van der Waals surface area contributed by atoms with E-state index in [1.165, 1.54) is 6.33 Å². The number of hydrogen-bond acceptors (Lipinski definition) is 6. The van der Waals surface area contributed by atoms with E-state index >= 15 is 0 Å². The lowest BCUT2D eigenvalue weighted by molar-refractivity contribution is 0.357. The van der Waals surface area contributed by atoms with E-state index in [4.69, 9.17) is 9.47 Å². The summed E-state index contributed by atoms with van der Waals surface area (Å²) in [7, 11) is 7.32. The predicted molar refractivity (Wildman–Crippen MR) is 70.0 cm³/mol. The number of ether oxygens (including phenoxy) is 2. The van der Waals surface area contributed by atoms with Gasteiger partial charge < -0.3 is 19.7 Å². The molecule has 0 atom stereocenters. The molecule has 6 nitrogen and oxygen atoms in total. The van der Waals surface area contributed by atoms with Crippen molar-refractivity contribution < 1.29 is 9.47 Å². The average Bonchev–Trinajstić information content (AvgIpc) is 2.37. The van der Waals surface area contributed by atoms with Gasteiger partial charge in [-0.1, -0.05) is 0 Å². The highest BCUT2D eigenvalue weighted by Crippen LogP contribution is 2.22. The Kier molecular flexibility index (Phi) is 6.38. The molecule has 0 saturated carbocycles. The summed E-state index contributed by atoms with van der Waals surface area (Å²) in [6, 6.07) is 0. The van der Waals surface area contributed by atoms with Crippen molar-refractivity contribution in [2.75, 3.05) is 41.4 Å². The Morgan fingerprint density at radius 3 is 2.28 bits per heavy atom. The van der Waals surface area contributed by atoms with Crippen LogP contribution < -0.4 is 14.8 Å². The highest BCUT2D eigenvalue weighted by Gasteiger charge is 2.11. The smallest absolute Gasteiger partial charge is 0.224 e. The van der Waals surface area contributed by atoms with Crippen LogP contribution in [-0.2, 0) is 6.54 Å². The van der Waals surface area contributed by atoms with Crippen LogP contribution in [0.25, 0.3) is 0 Å². The zero-order valence-electron chi connectivity index (χ0n) is 11.6. The average molecular weight is 254 g/mol. The van der Waals surface area contributed by atoms with Gasteiger partial charge in [0.15, 0.2) is 0 Å². The molecule has 0 bridgehead atoms. The first-order valence-electron chi connectivity index (χ1n) is 5.96.